The maximum atomic E-state index is 13.2. The first kappa shape index (κ1) is 12.1. The monoisotopic (exact) mass is 327 g/mol. The van der Waals surface area contributed by atoms with Gasteiger partial charge in [-0.2, -0.15) is 0 Å². The Morgan fingerprint density at radius 3 is 2.94 bits per heavy atom. The van der Waals surface area contributed by atoms with E-state index in [2.05, 4.69) is 15.9 Å². The second-order valence-electron chi connectivity index (χ2n) is 4.26. The molecule has 0 aliphatic carbocycles. The summed E-state index contributed by atoms with van der Waals surface area (Å²) in [5, 5.41) is 2.01. The van der Waals surface area contributed by atoms with Crippen LogP contribution in [0.1, 0.15) is 29.0 Å². The first-order valence-corrected chi connectivity index (χ1v) is 7.27. The van der Waals surface area contributed by atoms with Gasteiger partial charge in [0, 0.05) is 22.5 Å². The maximum Gasteiger partial charge on any atom is 0.136 e. The van der Waals surface area contributed by atoms with E-state index < -0.39 is 0 Å². The predicted molar refractivity (Wildman–Crippen MR) is 73.3 cm³/mol. The summed E-state index contributed by atoms with van der Waals surface area (Å²) >= 11 is 5.14. The Labute approximate surface area is 117 Å². The number of thiophene rings is 1. The zero-order valence-corrected chi connectivity index (χ0v) is 11.8. The smallest absolute Gasteiger partial charge is 0.136 e. The molecule has 0 radical (unpaired) electrons. The third-order valence-electron chi connectivity index (χ3n) is 3.05. The van der Waals surface area contributed by atoms with Crippen molar-refractivity contribution in [1.82, 2.24) is 0 Å². The summed E-state index contributed by atoms with van der Waals surface area (Å²) in [5.74, 6) is 0.406. The molecule has 2 N–H and O–H groups in total. The Hall–Kier alpha value is -0.910. The van der Waals surface area contributed by atoms with Crippen LogP contribution in [0, 0.1) is 5.82 Å². The fraction of sp³-hybridized carbons (Fsp3) is 0.231. The van der Waals surface area contributed by atoms with Crippen LogP contribution in [-0.2, 0) is 0 Å². The molecule has 0 saturated heterocycles. The van der Waals surface area contributed by atoms with Crippen LogP contribution in [0.2, 0.25) is 0 Å². The minimum atomic E-state index is -0.274. The van der Waals surface area contributed by atoms with E-state index in [1.807, 2.05) is 11.4 Å². The molecule has 0 amide bonds. The van der Waals surface area contributed by atoms with Gasteiger partial charge in [-0.05, 0) is 45.6 Å². The number of hydrogen-bond donors (Lipinski definition) is 1. The van der Waals surface area contributed by atoms with Gasteiger partial charge in [-0.25, -0.2) is 4.39 Å². The van der Waals surface area contributed by atoms with Crippen LogP contribution in [0.25, 0.3) is 0 Å². The SMILES string of the molecule is N[C@H]1CC(c2sccc2Br)Oc2ccc(F)cc21. The molecule has 0 bridgehead atoms. The van der Waals surface area contributed by atoms with Crippen molar-refractivity contribution in [1.29, 1.82) is 0 Å². The minimum Gasteiger partial charge on any atom is -0.484 e. The molecule has 0 fully saturated rings. The molecule has 2 aromatic rings. The maximum absolute atomic E-state index is 13.2. The van der Waals surface area contributed by atoms with Crippen molar-refractivity contribution in [2.24, 2.45) is 5.73 Å². The van der Waals surface area contributed by atoms with E-state index in [-0.39, 0.29) is 18.0 Å². The zero-order valence-electron chi connectivity index (χ0n) is 9.40. The van der Waals surface area contributed by atoms with Gasteiger partial charge >= 0.3 is 0 Å². The lowest BCUT2D eigenvalue weighted by molar-refractivity contribution is 0.164. The summed E-state index contributed by atoms with van der Waals surface area (Å²) in [6.07, 6.45) is 0.600. The molecule has 1 aromatic heterocycles. The highest BCUT2D eigenvalue weighted by Crippen LogP contribution is 2.43. The van der Waals surface area contributed by atoms with Gasteiger partial charge in [-0.1, -0.05) is 0 Å². The van der Waals surface area contributed by atoms with Crippen molar-refractivity contribution in [3.05, 3.63) is 50.4 Å². The molecular formula is C13H11BrFNOS. The highest BCUT2D eigenvalue weighted by molar-refractivity contribution is 9.10. The van der Waals surface area contributed by atoms with Crippen molar-refractivity contribution in [3.63, 3.8) is 0 Å². The highest BCUT2D eigenvalue weighted by atomic mass is 79.9. The quantitative estimate of drug-likeness (QED) is 0.853. The number of nitrogens with two attached hydrogens (primary N) is 1. The molecule has 18 heavy (non-hydrogen) atoms. The first-order chi connectivity index (χ1) is 8.65. The van der Waals surface area contributed by atoms with Crippen LogP contribution >= 0.6 is 27.3 Å². The van der Waals surface area contributed by atoms with Gasteiger partial charge in [0.1, 0.15) is 17.7 Å². The van der Waals surface area contributed by atoms with E-state index in [0.29, 0.717) is 12.2 Å². The van der Waals surface area contributed by atoms with Gasteiger partial charge in [0.25, 0.3) is 0 Å². The van der Waals surface area contributed by atoms with Crippen LogP contribution in [0.4, 0.5) is 4.39 Å². The predicted octanol–water partition coefficient (Wildman–Crippen LogP) is 4.17. The molecule has 94 valence electrons. The number of benzene rings is 1. The van der Waals surface area contributed by atoms with Crippen LogP contribution < -0.4 is 10.5 Å². The summed E-state index contributed by atoms with van der Waals surface area (Å²) in [4.78, 5) is 1.13. The summed E-state index contributed by atoms with van der Waals surface area (Å²) in [7, 11) is 0. The lowest BCUT2D eigenvalue weighted by atomic mass is 9.96. The average molecular weight is 328 g/mol. The van der Waals surface area contributed by atoms with E-state index in [1.165, 1.54) is 12.1 Å². The van der Waals surface area contributed by atoms with Crippen molar-refractivity contribution in [2.75, 3.05) is 0 Å². The molecule has 0 spiro atoms. The van der Waals surface area contributed by atoms with Gasteiger partial charge in [-0.15, -0.1) is 11.3 Å². The fourth-order valence-corrected chi connectivity index (χ4v) is 3.84. The molecule has 0 saturated carbocycles. The molecule has 3 rings (SSSR count). The Morgan fingerprint density at radius 1 is 1.39 bits per heavy atom. The topological polar surface area (TPSA) is 35.2 Å². The minimum absolute atomic E-state index is 0.0627. The van der Waals surface area contributed by atoms with Gasteiger partial charge < -0.3 is 10.5 Å². The second kappa shape index (κ2) is 4.64. The molecule has 2 nitrogen and oxygen atoms in total. The molecule has 1 unspecified atom stereocenters. The Bertz CT molecular complexity index is 586. The number of ether oxygens (including phenoxy) is 1. The van der Waals surface area contributed by atoms with E-state index >= 15 is 0 Å². The van der Waals surface area contributed by atoms with Crippen molar-refractivity contribution >= 4 is 27.3 Å². The number of rotatable bonds is 1. The largest absolute Gasteiger partial charge is 0.484 e. The number of hydrogen-bond acceptors (Lipinski definition) is 3. The van der Waals surface area contributed by atoms with Crippen LogP contribution in [0.5, 0.6) is 5.75 Å². The van der Waals surface area contributed by atoms with Crippen LogP contribution in [0.3, 0.4) is 0 Å². The van der Waals surface area contributed by atoms with Gasteiger partial charge in [0.05, 0.1) is 4.88 Å². The summed E-state index contributed by atoms with van der Waals surface area (Å²) in [6.45, 7) is 0. The zero-order chi connectivity index (χ0) is 12.7. The third-order valence-corrected chi connectivity index (χ3v) is 5.01. The van der Waals surface area contributed by atoms with Crippen molar-refractivity contribution < 1.29 is 9.13 Å². The van der Waals surface area contributed by atoms with Gasteiger partial charge in [0.15, 0.2) is 0 Å². The Balaban J connectivity index is 1.97. The van der Waals surface area contributed by atoms with Crippen molar-refractivity contribution in [3.8, 4) is 5.75 Å². The number of halogens is 2. The second-order valence-corrected chi connectivity index (χ2v) is 6.07. The normalized spacial score (nSPS) is 22.4. The molecule has 1 aliphatic rings. The third kappa shape index (κ3) is 2.06. The average Bonchev–Trinajstić information content (AvgIpc) is 2.76. The molecule has 5 heteroatoms. The fourth-order valence-electron chi connectivity index (χ4n) is 2.17. The molecular weight excluding hydrogens is 317 g/mol. The Kier molecular flexibility index (Phi) is 3.13. The lowest BCUT2D eigenvalue weighted by Gasteiger charge is -2.30. The van der Waals surface area contributed by atoms with E-state index in [4.69, 9.17) is 10.5 Å². The molecule has 2 atom stereocenters. The van der Waals surface area contributed by atoms with E-state index in [0.717, 1.165) is 14.9 Å². The van der Waals surface area contributed by atoms with Crippen LogP contribution in [0.15, 0.2) is 34.1 Å². The molecule has 1 aliphatic heterocycles. The van der Waals surface area contributed by atoms with E-state index in [9.17, 15) is 4.39 Å². The Morgan fingerprint density at radius 2 is 2.22 bits per heavy atom. The van der Waals surface area contributed by atoms with Crippen LogP contribution in [-0.4, -0.2) is 0 Å². The first-order valence-electron chi connectivity index (χ1n) is 5.59. The molecule has 2 heterocycles. The molecule has 1 aromatic carbocycles. The van der Waals surface area contributed by atoms with Crippen molar-refractivity contribution in [2.45, 2.75) is 18.6 Å². The summed E-state index contributed by atoms with van der Waals surface area (Å²) in [5.41, 5.74) is 6.85. The lowest BCUT2D eigenvalue weighted by Crippen LogP contribution is -2.23. The highest BCUT2D eigenvalue weighted by Gasteiger charge is 2.29. The summed E-state index contributed by atoms with van der Waals surface area (Å²) in [6, 6.07) is 6.31. The standard InChI is InChI=1S/C13H11BrFNOS/c14-9-3-4-18-13(9)12-6-10(16)8-5-7(15)1-2-11(8)17-12/h1-5,10,12H,6,16H2/t10-,12?/m0/s1. The van der Waals surface area contributed by atoms with E-state index in [1.54, 1.807) is 17.4 Å². The number of fused-ring (bicyclic) bond motifs is 1. The van der Waals surface area contributed by atoms with Gasteiger partial charge in [-0.3, -0.25) is 0 Å². The van der Waals surface area contributed by atoms with Gasteiger partial charge in [0.2, 0.25) is 0 Å². The summed E-state index contributed by atoms with van der Waals surface area (Å²) < 4.78 is 20.1.